The van der Waals surface area contributed by atoms with Crippen LogP contribution >= 0.6 is 0 Å². The first-order valence-electron chi connectivity index (χ1n) is 43.0. The van der Waals surface area contributed by atoms with Crippen LogP contribution in [0.5, 0.6) is 0 Å². The number of rotatable bonds is 11. The van der Waals surface area contributed by atoms with E-state index in [0.717, 1.165) is 47.0 Å². The Labute approximate surface area is 712 Å². The van der Waals surface area contributed by atoms with E-state index in [2.05, 4.69) is 450 Å². The van der Waals surface area contributed by atoms with Gasteiger partial charge in [0.1, 0.15) is 0 Å². The van der Waals surface area contributed by atoms with Crippen molar-refractivity contribution in [3.8, 4) is 77.9 Å². The molecule has 0 aromatic heterocycles. The van der Waals surface area contributed by atoms with Gasteiger partial charge in [0.15, 0.2) is 0 Å². The maximum absolute atomic E-state index is 2.51. The Balaban J connectivity index is 0.575. The zero-order valence-electron chi connectivity index (χ0n) is 68.6. The second kappa shape index (κ2) is 27.8. The zero-order valence-corrected chi connectivity index (χ0v) is 68.6. The lowest BCUT2D eigenvalue weighted by Gasteiger charge is -2.29. The molecule has 4 aliphatic rings. The average Bonchev–Trinajstić information content (AvgIpc) is 1.08. The van der Waals surface area contributed by atoms with Gasteiger partial charge in [-0.2, -0.15) is 0 Å². The average molecular weight is 1550 g/mol. The smallest absolute Gasteiger partial charge is 0.0465 e. The SMILES string of the molecule is CC1(C)c2ccccc2-c2ccc(N(c3ccc(/C=C4/Cc5cc6ccc(-c7ccc8c(c7)-c7ccc(N(c9ccc(/C=C%10/Cc%11c(ccc%12ccccc%11%12)-c%11c%10c%10ccccc%10c%10ccccc%11%10)cc9)c9ccc(-c%10ccccc%10)cc9)cc7C8(C)C)cc6cc5-c5c4c4ccccc4c4ccccc54)cc3)c3ccc(-c4ccccc4)cc3)cc21. The van der Waals surface area contributed by atoms with Crippen LogP contribution in [0.2, 0.25) is 0 Å². The van der Waals surface area contributed by atoms with Crippen molar-refractivity contribution in [3.63, 3.8) is 0 Å². The van der Waals surface area contributed by atoms with Gasteiger partial charge >= 0.3 is 0 Å². The Morgan fingerprint density at radius 1 is 0.213 bits per heavy atom. The zero-order chi connectivity index (χ0) is 81.1. The van der Waals surface area contributed by atoms with Crippen LogP contribution in [0.25, 0.3) is 166 Å². The van der Waals surface area contributed by atoms with Crippen LogP contribution in [0, 0.1) is 0 Å². The van der Waals surface area contributed by atoms with Crippen molar-refractivity contribution in [1.29, 1.82) is 0 Å². The summed E-state index contributed by atoms with van der Waals surface area (Å²) in [7, 11) is 0. The van der Waals surface area contributed by atoms with Crippen LogP contribution in [0.4, 0.5) is 34.1 Å². The minimum Gasteiger partial charge on any atom is -0.310 e. The molecule has 4 aliphatic carbocycles. The molecule has 20 aromatic rings. The fourth-order valence-corrected chi connectivity index (χ4v) is 21.5. The van der Waals surface area contributed by atoms with Crippen LogP contribution in [0.15, 0.2) is 400 Å². The Kier molecular flexibility index (Phi) is 16.2. The van der Waals surface area contributed by atoms with Gasteiger partial charge in [0.2, 0.25) is 0 Å². The number of hydrogen-bond acceptors (Lipinski definition) is 2. The van der Waals surface area contributed by atoms with E-state index in [1.54, 1.807) is 0 Å². The van der Waals surface area contributed by atoms with Crippen molar-refractivity contribution in [2.45, 2.75) is 51.4 Å². The second-order valence-corrected chi connectivity index (χ2v) is 35.0. The van der Waals surface area contributed by atoms with Crippen molar-refractivity contribution in [2.75, 3.05) is 9.80 Å². The normalized spacial score (nSPS) is 14.3. The second-order valence-electron chi connectivity index (χ2n) is 35.0. The first-order chi connectivity index (χ1) is 60.0. The highest BCUT2D eigenvalue weighted by Gasteiger charge is 2.39. The summed E-state index contributed by atoms with van der Waals surface area (Å²) in [6.07, 6.45) is 6.56. The maximum atomic E-state index is 2.51. The van der Waals surface area contributed by atoms with E-state index in [1.807, 2.05) is 0 Å². The first-order valence-corrected chi connectivity index (χ1v) is 43.0. The molecule has 574 valence electrons. The molecule has 20 aromatic carbocycles. The number of benzene rings is 20. The molecule has 0 aliphatic heterocycles. The van der Waals surface area contributed by atoms with Crippen molar-refractivity contribution < 1.29 is 0 Å². The third-order valence-corrected chi connectivity index (χ3v) is 27.4. The summed E-state index contributed by atoms with van der Waals surface area (Å²) in [4.78, 5) is 4.89. The molecule has 122 heavy (non-hydrogen) atoms. The molecule has 0 spiro atoms. The topological polar surface area (TPSA) is 6.48 Å². The number of nitrogens with zero attached hydrogens (tertiary/aromatic N) is 2. The van der Waals surface area contributed by atoms with Gasteiger partial charge in [0.25, 0.3) is 0 Å². The van der Waals surface area contributed by atoms with Crippen LogP contribution in [-0.2, 0) is 23.7 Å². The molecular weight excluding hydrogens is 1470 g/mol. The van der Waals surface area contributed by atoms with E-state index in [9.17, 15) is 0 Å². The van der Waals surface area contributed by atoms with E-state index in [-0.39, 0.29) is 10.8 Å². The summed E-state index contributed by atoms with van der Waals surface area (Å²) < 4.78 is 0. The van der Waals surface area contributed by atoms with E-state index in [0.29, 0.717) is 0 Å². The monoisotopic (exact) mass is 1550 g/mol. The highest BCUT2D eigenvalue weighted by Crippen LogP contribution is 2.57. The standard InChI is InChI=1S/C120H84N2/c1-119(2)111-38-22-21-33-100(111)101-62-59-93(73-113(101)119)121(91-55-45-79(46-56-91)77-23-7-5-8-24-77)89-51-39-75(40-52-89)65-87-69-86-68-83-44-43-82(67-85(83)71-108(86)118-106-37-20-16-32-99(106)97-30-13-17-34-103(97)115(87)118)84-50-64-112-110(70-84)102-63-60-94(74-114(102)120(112,3)4)122(92-57-47-80(48-58-92)78-25-9-6-10-26-78)90-53-41-76(42-54-90)66-88-72-109-95-28-12-11-27-81(95)49-61-107(109)117-105-36-19-15-31-98(105)96-29-14-18-35-104(96)116(88)117/h5-68,70-71,73-74H,69,72H2,1-4H3/b87-65-,88-66-. The molecule has 24 rings (SSSR count). The van der Waals surface area contributed by atoms with Gasteiger partial charge in [0, 0.05) is 45.0 Å². The summed E-state index contributed by atoms with van der Waals surface area (Å²) in [5, 5.41) is 15.3. The minimum absolute atomic E-state index is 0.143. The lowest BCUT2D eigenvalue weighted by Crippen LogP contribution is -2.16. The molecule has 0 amide bonds. The van der Waals surface area contributed by atoms with Crippen LogP contribution in [-0.4, -0.2) is 0 Å². The molecule has 2 nitrogen and oxygen atoms in total. The van der Waals surface area contributed by atoms with E-state index in [1.165, 1.54) is 209 Å². The van der Waals surface area contributed by atoms with Gasteiger partial charge in [-0.25, -0.2) is 0 Å². The molecule has 0 atom stereocenters. The quantitative estimate of drug-likeness (QED) is 0.119. The predicted octanol–water partition coefficient (Wildman–Crippen LogP) is 32.7. The summed E-state index contributed by atoms with van der Waals surface area (Å²) in [6, 6.07) is 151. The molecule has 2 heteroatoms. The van der Waals surface area contributed by atoms with Gasteiger partial charge in [-0.05, 0) is 313 Å². The molecule has 0 radical (unpaired) electrons. The van der Waals surface area contributed by atoms with E-state index < -0.39 is 0 Å². The molecular formula is C120H84N2. The molecule has 0 N–H and O–H groups in total. The lowest BCUT2D eigenvalue weighted by atomic mass is 9.75. The molecule has 0 heterocycles. The Hall–Kier alpha value is -15.0. The van der Waals surface area contributed by atoms with Crippen LogP contribution < -0.4 is 9.80 Å². The van der Waals surface area contributed by atoms with Crippen molar-refractivity contribution >= 4 is 122 Å². The summed E-state index contributed by atoms with van der Waals surface area (Å²) in [5.41, 5.74) is 39.7. The molecule has 0 unspecified atom stereocenters. The highest BCUT2D eigenvalue weighted by molar-refractivity contribution is 6.24. The molecule has 0 bridgehead atoms. The van der Waals surface area contributed by atoms with Crippen LogP contribution in [0.3, 0.4) is 0 Å². The van der Waals surface area contributed by atoms with E-state index >= 15 is 0 Å². The third kappa shape index (κ3) is 11.4. The largest absolute Gasteiger partial charge is 0.310 e. The Morgan fingerprint density at radius 3 is 1.11 bits per heavy atom. The van der Waals surface area contributed by atoms with Gasteiger partial charge in [-0.15, -0.1) is 0 Å². The lowest BCUT2D eigenvalue weighted by molar-refractivity contribution is 0.660. The van der Waals surface area contributed by atoms with Crippen molar-refractivity contribution in [1.82, 2.24) is 0 Å². The van der Waals surface area contributed by atoms with Gasteiger partial charge in [0.05, 0.1) is 0 Å². The summed E-state index contributed by atoms with van der Waals surface area (Å²) in [6.45, 7) is 9.57. The first kappa shape index (κ1) is 71.2. The number of hydrogen-bond donors (Lipinski definition) is 0. The highest BCUT2D eigenvalue weighted by atomic mass is 15.1. The Morgan fingerprint density at radius 2 is 0.582 bits per heavy atom. The van der Waals surface area contributed by atoms with Gasteiger partial charge in [-0.1, -0.05) is 349 Å². The molecule has 0 saturated heterocycles. The number of allylic oxidation sites excluding steroid dienone is 2. The Bertz CT molecular complexity index is 7810. The van der Waals surface area contributed by atoms with E-state index in [4.69, 9.17) is 0 Å². The van der Waals surface area contributed by atoms with Gasteiger partial charge < -0.3 is 9.80 Å². The van der Waals surface area contributed by atoms with Crippen LogP contribution in [0.1, 0.15) is 83.3 Å². The predicted molar refractivity (Wildman–Crippen MR) is 519 cm³/mol. The summed E-state index contributed by atoms with van der Waals surface area (Å²) >= 11 is 0. The van der Waals surface area contributed by atoms with Gasteiger partial charge in [-0.3, -0.25) is 0 Å². The third-order valence-electron chi connectivity index (χ3n) is 27.4. The minimum atomic E-state index is -0.278. The van der Waals surface area contributed by atoms with Crippen molar-refractivity contribution in [3.05, 3.63) is 456 Å². The fraction of sp³-hybridized carbons (Fsp3) is 0.0667. The molecule has 0 saturated carbocycles. The van der Waals surface area contributed by atoms with Crippen molar-refractivity contribution in [2.24, 2.45) is 0 Å². The fourth-order valence-electron chi connectivity index (χ4n) is 21.5. The summed E-state index contributed by atoms with van der Waals surface area (Å²) in [5.74, 6) is 0. The maximum Gasteiger partial charge on any atom is 0.0465 e. The number of anilines is 6. The number of fused-ring (bicyclic) bond motifs is 25. The molecule has 0 fully saturated rings.